The molecule has 0 saturated carbocycles. The second-order valence-corrected chi connectivity index (χ2v) is 23.4. The van der Waals surface area contributed by atoms with Gasteiger partial charge in [0.05, 0.1) is 0 Å². The molecule has 6 nitrogen and oxygen atoms in total. The highest BCUT2D eigenvalue weighted by molar-refractivity contribution is 5.71. The first-order chi connectivity index (χ1) is 41.0. The first-order valence-electron chi connectivity index (χ1n) is 35.4. The molecule has 0 heterocycles. The summed E-state index contributed by atoms with van der Waals surface area (Å²) in [5.41, 5.74) is 0. The minimum atomic E-state index is -0.783. The Bertz CT molecular complexity index is 1660. The third-order valence-corrected chi connectivity index (χ3v) is 15.3. The lowest BCUT2D eigenvalue weighted by atomic mass is 10.0. The molecule has 0 aliphatic heterocycles. The molecule has 0 radical (unpaired) electrons. The maximum atomic E-state index is 12.9. The summed E-state index contributed by atoms with van der Waals surface area (Å²) in [6.07, 6.45) is 97.0. The molecule has 0 spiro atoms. The Balaban J connectivity index is 4.19. The number of allylic oxidation sites excluding steroid dienone is 18. The van der Waals surface area contributed by atoms with E-state index in [1.165, 1.54) is 186 Å². The average molecular weight is 1150 g/mol. The SMILES string of the molecule is CC/C=C\C/C=C\C/C=C\C/C=C\C/C=C\C/C=C\CCCCCCCCCCC(=O)OC(COC(=O)CCCCCCCCCCC)COC(=O)CCCCCCCCCCCCCCCC/C=C\C/C=C\C/C=C\CCCCCCC. The van der Waals surface area contributed by atoms with Gasteiger partial charge < -0.3 is 14.2 Å². The van der Waals surface area contributed by atoms with E-state index in [1.807, 2.05) is 0 Å². The van der Waals surface area contributed by atoms with Gasteiger partial charge in [0.25, 0.3) is 0 Å². The molecular formula is C77H132O6. The van der Waals surface area contributed by atoms with E-state index in [0.717, 1.165) is 116 Å². The zero-order chi connectivity index (χ0) is 59.9. The van der Waals surface area contributed by atoms with Crippen LogP contribution in [0.1, 0.15) is 342 Å². The van der Waals surface area contributed by atoms with Crippen molar-refractivity contribution >= 4 is 17.9 Å². The summed E-state index contributed by atoms with van der Waals surface area (Å²) in [5.74, 6) is -0.879. The van der Waals surface area contributed by atoms with Gasteiger partial charge in [0.2, 0.25) is 0 Å². The van der Waals surface area contributed by atoms with E-state index < -0.39 is 6.10 Å². The van der Waals surface area contributed by atoms with E-state index in [9.17, 15) is 14.4 Å². The zero-order valence-electron chi connectivity index (χ0n) is 54.7. The van der Waals surface area contributed by atoms with Gasteiger partial charge in [-0.1, -0.05) is 323 Å². The van der Waals surface area contributed by atoms with E-state index in [1.54, 1.807) is 0 Å². The van der Waals surface area contributed by atoms with Crippen molar-refractivity contribution < 1.29 is 28.6 Å². The molecule has 0 fully saturated rings. The number of hydrogen-bond acceptors (Lipinski definition) is 6. The summed E-state index contributed by atoms with van der Waals surface area (Å²) in [6, 6.07) is 0. The van der Waals surface area contributed by atoms with Gasteiger partial charge in [-0.2, -0.15) is 0 Å². The number of esters is 3. The smallest absolute Gasteiger partial charge is 0.306 e. The van der Waals surface area contributed by atoms with Crippen molar-refractivity contribution in [2.24, 2.45) is 0 Å². The molecule has 1 atom stereocenters. The van der Waals surface area contributed by atoms with Crippen LogP contribution in [0, 0.1) is 0 Å². The van der Waals surface area contributed by atoms with E-state index >= 15 is 0 Å². The first-order valence-corrected chi connectivity index (χ1v) is 35.4. The molecule has 0 saturated heterocycles. The summed E-state index contributed by atoms with van der Waals surface area (Å²) < 4.78 is 16.9. The average Bonchev–Trinajstić information content (AvgIpc) is 3.49. The molecule has 83 heavy (non-hydrogen) atoms. The van der Waals surface area contributed by atoms with Gasteiger partial charge in [0.1, 0.15) is 13.2 Å². The highest BCUT2D eigenvalue weighted by Crippen LogP contribution is 2.17. The van der Waals surface area contributed by atoms with Crippen LogP contribution in [-0.4, -0.2) is 37.2 Å². The molecule has 1 unspecified atom stereocenters. The molecular weight excluding hydrogens is 1020 g/mol. The third-order valence-electron chi connectivity index (χ3n) is 15.3. The predicted octanol–water partition coefficient (Wildman–Crippen LogP) is 24.6. The summed E-state index contributed by atoms with van der Waals surface area (Å²) in [6.45, 7) is 6.52. The largest absolute Gasteiger partial charge is 0.462 e. The van der Waals surface area contributed by atoms with Gasteiger partial charge in [-0.25, -0.2) is 0 Å². The predicted molar refractivity (Wildman–Crippen MR) is 362 cm³/mol. The lowest BCUT2D eigenvalue weighted by molar-refractivity contribution is -0.167. The Labute approximate surface area is 514 Å². The Kier molecular flexibility index (Phi) is 67.2. The number of carbonyl (C=O) groups is 3. The van der Waals surface area contributed by atoms with Crippen LogP contribution in [0.25, 0.3) is 0 Å². The number of rotatable bonds is 64. The Morgan fingerprint density at radius 3 is 0.735 bits per heavy atom. The minimum Gasteiger partial charge on any atom is -0.462 e. The second kappa shape index (κ2) is 70.6. The molecule has 0 aromatic heterocycles. The van der Waals surface area contributed by atoms with E-state index in [2.05, 4.69) is 130 Å². The van der Waals surface area contributed by atoms with Gasteiger partial charge in [-0.3, -0.25) is 14.4 Å². The molecule has 476 valence electrons. The molecule has 0 aliphatic carbocycles. The quantitative estimate of drug-likeness (QED) is 0.0261. The summed E-state index contributed by atoms with van der Waals surface area (Å²) in [5, 5.41) is 0. The minimum absolute atomic E-state index is 0.0792. The fourth-order valence-corrected chi connectivity index (χ4v) is 9.99. The van der Waals surface area contributed by atoms with E-state index in [0.29, 0.717) is 19.3 Å². The van der Waals surface area contributed by atoms with Crippen molar-refractivity contribution in [3.63, 3.8) is 0 Å². The van der Waals surface area contributed by atoms with Gasteiger partial charge in [0, 0.05) is 19.3 Å². The van der Waals surface area contributed by atoms with Gasteiger partial charge in [0.15, 0.2) is 6.10 Å². The monoisotopic (exact) mass is 1150 g/mol. The molecule has 0 rings (SSSR count). The van der Waals surface area contributed by atoms with Crippen molar-refractivity contribution in [3.05, 3.63) is 109 Å². The zero-order valence-corrected chi connectivity index (χ0v) is 54.7. The second-order valence-electron chi connectivity index (χ2n) is 23.4. The molecule has 0 amide bonds. The Morgan fingerprint density at radius 1 is 0.253 bits per heavy atom. The molecule has 0 aromatic rings. The number of unbranched alkanes of at least 4 members (excludes halogenated alkanes) is 35. The fraction of sp³-hybridized carbons (Fsp3) is 0.727. The maximum Gasteiger partial charge on any atom is 0.306 e. The normalized spacial score (nSPS) is 12.8. The van der Waals surface area contributed by atoms with Crippen LogP contribution in [0.4, 0.5) is 0 Å². The van der Waals surface area contributed by atoms with Crippen LogP contribution in [0.2, 0.25) is 0 Å². The lowest BCUT2D eigenvalue weighted by Crippen LogP contribution is -2.30. The number of carbonyl (C=O) groups excluding carboxylic acids is 3. The molecule has 0 aliphatic rings. The highest BCUT2D eigenvalue weighted by atomic mass is 16.6. The van der Waals surface area contributed by atoms with Gasteiger partial charge in [-0.15, -0.1) is 0 Å². The summed E-state index contributed by atoms with van der Waals surface area (Å²) in [7, 11) is 0. The van der Waals surface area contributed by atoms with Gasteiger partial charge >= 0.3 is 17.9 Å². The summed E-state index contributed by atoms with van der Waals surface area (Å²) in [4.78, 5) is 38.3. The Morgan fingerprint density at radius 2 is 0.470 bits per heavy atom. The molecule has 0 N–H and O–H groups in total. The van der Waals surface area contributed by atoms with Crippen LogP contribution < -0.4 is 0 Å². The van der Waals surface area contributed by atoms with E-state index in [-0.39, 0.29) is 31.1 Å². The Hall–Kier alpha value is -3.93. The first kappa shape index (κ1) is 79.1. The van der Waals surface area contributed by atoms with Crippen molar-refractivity contribution in [2.75, 3.05) is 13.2 Å². The van der Waals surface area contributed by atoms with Gasteiger partial charge in [-0.05, 0) is 109 Å². The standard InChI is InChI=1S/C77H132O6/c1-4-7-10-13-16-19-21-23-25-27-29-31-33-35-37-38-40-41-43-45-47-49-51-53-55-58-61-64-67-70-76(79)82-73-74(72-81-75(78)69-66-63-60-57-18-15-12-9-6-3)83-77(80)71-68-65-62-59-56-54-52-50-48-46-44-42-39-36-34-32-30-28-26-24-22-20-17-14-11-8-5-2/h8,11,17,20-21,23-24,26-27,29-30,32-33,35-36,39,44,46,74H,4-7,9-10,12-16,18-19,22,25,28,31,34,37-38,40-43,45,47-73H2,1-3H3/b11-8-,20-17-,23-21-,26-24-,29-27-,32-30-,35-33-,39-36-,46-44-. The van der Waals surface area contributed by atoms with Crippen LogP contribution in [0.3, 0.4) is 0 Å². The van der Waals surface area contributed by atoms with Crippen LogP contribution in [0.5, 0.6) is 0 Å². The van der Waals surface area contributed by atoms with Crippen molar-refractivity contribution in [2.45, 2.75) is 348 Å². The van der Waals surface area contributed by atoms with Crippen LogP contribution in [-0.2, 0) is 28.6 Å². The van der Waals surface area contributed by atoms with Crippen molar-refractivity contribution in [1.82, 2.24) is 0 Å². The fourth-order valence-electron chi connectivity index (χ4n) is 9.99. The topological polar surface area (TPSA) is 78.9 Å². The maximum absolute atomic E-state index is 12.9. The third kappa shape index (κ3) is 68.7. The number of hydrogen-bond donors (Lipinski definition) is 0. The van der Waals surface area contributed by atoms with Crippen LogP contribution in [0.15, 0.2) is 109 Å². The lowest BCUT2D eigenvalue weighted by Gasteiger charge is -2.18. The molecule has 0 aromatic carbocycles. The highest BCUT2D eigenvalue weighted by Gasteiger charge is 2.19. The van der Waals surface area contributed by atoms with Crippen molar-refractivity contribution in [1.29, 1.82) is 0 Å². The molecule has 6 heteroatoms. The van der Waals surface area contributed by atoms with E-state index in [4.69, 9.17) is 14.2 Å². The van der Waals surface area contributed by atoms with Crippen molar-refractivity contribution in [3.8, 4) is 0 Å². The number of ether oxygens (including phenoxy) is 3. The molecule has 0 bridgehead atoms. The van der Waals surface area contributed by atoms with Crippen LogP contribution >= 0.6 is 0 Å². The summed E-state index contributed by atoms with van der Waals surface area (Å²) >= 11 is 0.